The molecule has 47 valence electrons. The smallest absolute Gasteiger partial charge is 0.211 e. The van der Waals surface area contributed by atoms with Gasteiger partial charge >= 0.3 is 0 Å². The van der Waals surface area contributed by atoms with E-state index in [-0.39, 0.29) is 0 Å². The van der Waals surface area contributed by atoms with Crippen LogP contribution in [0.15, 0.2) is 30.3 Å². The van der Waals surface area contributed by atoms with E-state index in [1.54, 1.807) is 0 Å². The molecule has 0 fully saturated rings. The molecule has 0 saturated heterocycles. The van der Waals surface area contributed by atoms with Gasteiger partial charge in [-0.1, -0.05) is 30.3 Å². The second-order valence-electron chi connectivity index (χ2n) is 1.94. The molecule has 0 heterocycles. The highest BCUT2D eigenvalue weighted by Gasteiger charge is 1.87. The number of benzene rings is 1. The normalized spacial score (nSPS) is 10.8. The maximum Gasteiger partial charge on any atom is 0.211 e. The van der Waals surface area contributed by atoms with E-state index >= 15 is 0 Å². The maximum atomic E-state index is 10.2. The molecule has 0 saturated carbocycles. The monoisotopic (exact) mass is 137 g/mol. The first kappa shape index (κ1) is 6.52. The minimum atomic E-state index is -1.03. The predicted molar refractivity (Wildman–Crippen MR) is 39.4 cm³/mol. The Balaban J connectivity index is 2.61. The molecule has 1 radical (unpaired) electrons. The highest BCUT2D eigenvalue weighted by Crippen LogP contribution is 1.96. The van der Waals surface area contributed by atoms with Crippen molar-refractivity contribution in [2.24, 2.45) is 0 Å². The van der Waals surface area contributed by atoms with Crippen LogP contribution >= 0.6 is 0 Å². The molecule has 1 aromatic carbocycles. The van der Waals surface area contributed by atoms with Gasteiger partial charge in [0.2, 0.25) is 9.76 Å². The summed E-state index contributed by atoms with van der Waals surface area (Å²) in [4.78, 5) is 10.2. The third-order valence-electron chi connectivity index (χ3n) is 1.23. The molecule has 1 nitrogen and oxygen atoms in total. The second-order valence-corrected chi connectivity index (χ2v) is 2.85. The van der Waals surface area contributed by atoms with Gasteiger partial charge in [0.05, 0.1) is 0 Å². The Kier molecular flexibility index (Phi) is 2.48. The zero-order chi connectivity index (χ0) is 6.53. The van der Waals surface area contributed by atoms with Gasteiger partial charge in [0.15, 0.2) is 0 Å². The number of hydrogen-bond acceptors (Lipinski definition) is 0. The van der Waals surface area contributed by atoms with Crippen molar-refractivity contribution in [2.75, 3.05) is 0 Å². The Bertz CT molecular complexity index is 162. The van der Waals surface area contributed by atoms with E-state index in [4.69, 9.17) is 0 Å². The zero-order valence-corrected chi connectivity index (χ0v) is 6.62. The first-order valence-corrected chi connectivity index (χ1v) is 4.63. The van der Waals surface area contributed by atoms with Crippen LogP contribution in [0.2, 0.25) is 0 Å². The van der Waals surface area contributed by atoms with Crippen LogP contribution in [-0.2, 0) is 10.8 Å². The fourth-order valence-corrected chi connectivity index (χ4v) is 1.33. The minimum absolute atomic E-state index is 0.792. The second kappa shape index (κ2) is 3.43. The maximum absolute atomic E-state index is 10.2. The zero-order valence-electron chi connectivity index (χ0n) is 5.21. The summed E-state index contributed by atoms with van der Waals surface area (Å²) in [5, 5.41) is 0. The lowest BCUT2D eigenvalue weighted by atomic mass is 10.2. The fourth-order valence-electron chi connectivity index (χ4n) is 0.763. The van der Waals surface area contributed by atoms with Crippen molar-refractivity contribution in [3.63, 3.8) is 0 Å². The Morgan fingerprint density at radius 3 is 2.44 bits per heavy atom. The SMILES string of the molecule is [O][SiH2]Cc1ccccc1. The summed E-state index contributed by atoms with van der Waals surface area (Å²) >= 11 is 0. The first-order valence-electron chi connectivity index (χ1n) is 3.05. The van der Waals surface area contributed by atoms with E-state index in [1.165, 1.54) is 5.56 Å². The van der Waals surface area contributed by atoms with E-state index in [0.29, 0.717) is 0 Å². The molecule has 0 N–H and O–H groups in total. The van der Waals surface area contributed by atoms with Gasteiger partial charge in [0.1, 0.15) is 0 Å². The highest BCUT2D eigenvalue weighted by molar-refractivity contribution is 6.24. The third-order valence-corrected chi connectivity index (χ3v) is 2.02. The Morgan fingerprint density at radius 2 is 1.89 bits per heavy atom. The molecule has 0 spiro atoms. The van der Waals surface area contributed by atoms with E-state index in [1.807, 2.05) is 30.3 Å². The van der Waals surface area contributed by atoms with E-state index < -0.39 is 9.76 Å². The average Bonchev–Trinajstić information content (AvgIpc) is 1.91. The average molecular weight is 137 g/mol. The molecule has 0 bridgehead atoms. The van der Waals surface area contributed by atoms with Crippen LogP contribution in [0.25, 0.3) is 0 Å². The van der Waals surface area contributed by atoms with Crippen LogP contribution in [0.3, 0.4) is 0 Å². The lowest BCUT2D eigenvalue weighted by molar-refractivity contribution is 0.472. The van der Waals surface area contributed by atoms with E-state index in [2.05, 4.69) is 0 Å². The number of hydrogen-bond donors (Lipinski definition) is 0. The summed E-state index contributed by atoms with van der Waals surface area (Å²) < 4.78 is 0. The van der Waals surface area contributed by atoms with Gasteiger partial charge in [0, 0.05) is 0 Å². The Hall–Kier alpha value is -0.603. The van der Waals surface area contributed by atoms with Crippen molar-refractivity contribution < 1.29 is 4.80 Å². The predicted octanol–water partition coefficient (Wildman–Crippen LogP) is 0.701. The lowest BCUT2D eigenvalue weighted by Gasteiger charge is -1.91. The first-order chi connectivity index (χ1) is 4.43. The van der Waals surface area contributed by atoms with Crippen molar-refractivity contribution in [3.8, 4) is 0 Å². The molecular formula is C7H9OSi. The van der Waals surface area contributed by atoms with Gasteiger partial charge < -0.3 is 4.80 Å². The Labute approximate surface area is 57.3 Å². The van der Waals surface area contributed by atoms with Crippen LogP contribution < -0.4 is 0 Å². The molecule has 0 atom stereocenters. The van der Waals surface area contributed by atoms with E-state index in [9.17, 15) is 4.80 Å². The summed E-state index contributed by atoms with van der Waals surface area (Å²) in [6, 6.07) is 10.7. The summed E-state index contributed by atoms with van der Waals surface area (Å²) in [6.07, 6.45) is 0. The highest BCUT2D eigenvalue weighted by atomic mass is 28.2. The molecule has 0 aliphatic heterocycles. The summed E-state index contributed by atoms with van der Waals surface area (Å²) in [5.41, 5.74) is 1.19. The van der Waals surface area contributed by atoms with Crippen molar-refractivity contribution in [3.05, 3.63) is 35.9 Å². The molecule has 0 amide bonds. The molecule has 0 aliphatic rings. The number of rotatable bonds is 2. The van der Waals surface area contributed by atoms with Crippen molar-refractivity contribution >= 4 is 9.76 Å². The molecule has 1 aromatic rings. The van der Waals surface area contributed by atoms with Gasteiger partial charge in [-0.15, -0.1) is 0 Å². The van der Waals surface area contributed by atoms with Crippen LogP contribution in [0, 0.1) is 0 Å². The Morgan fingerprint density at radius 1 is 1.22 bits per heavy atom. The van der Waals surface area contributed by atoms with Crippen molar-refractivity contribution in [1.29, 1.82) is 0 Å². The molecule has 1 rings (SSSR count). The van der Waals surface area contributed by atoms with Crippen LogP contribution in [0.5, 0.6) is 0 Å². The van der Waals surface area contributed by atoms with Gasteiger partial charge in [-0.25, -0.2) is 0 Å². The topological polar surface area (TPSA) is 19.9 Å². The van der Waals surface area contributed by atoms with E-state index in [0.717, 1.165) is 6.04 Å². The van der Waals surface area contributed by atoms with Gasteiger partial charge in [0.25, 0.3) is 0 Å². The van der Waals surface area contributed by atoms with Crippen molar-refractivity contribution in [1.82, 2.24) is 0 Å². The quantitative estimate of drug-likeness (QED) is 0.535. The van der Waals surface area contributed by atoms with Gasteiger partial charge in [-0.2, -0.15) is 0 Å². The summed E-state index contributed by atoms with van der Waals surface area (Å²) in [6.45, 7) is 0. The summed E-state index contributed by atoms with van der Waals surface area (Å²) in [7, 11) is -1.03. The molecule has 0 unspecified atom stereocenters. The molecule has 0 aliphatic carbocycles. The van der Waals surface area contributed by atoms with Crippen molar-refractivity contribution in [2.45, 2.75) is 6.04 Å². The van der Waals surface area contributed by atoms with Crippen LogP contribution in [-0.4, -0.2) is 9.76 Å². The van der Waals surface area contributed by atoms with Gasteiger partial charge in [-0.05, 0) is 11.6 Å². The van der Waals surface area contributed by atoms with Crippen LogP contribution in [0.1, 0.15) is 5.56 Å². The molecular weight excluding hydrogens is 128 g/mol. The minimum Gasteiger partial charge on any atom is -0.306 e. The lowest BCUT2D eigenvalue weighted by Crippen LogP contribution is -1.91. The fraction of sp³-hybridized carbons (Fsp3) is 0.143. The molecule has 0 aromatic heterocycles. The van der Waals surface area contributed by atoms with Gasteiger partial charge in [-0.3, -0.25) is 0 Å². The van der Waals surface area contributed by atoms with Crippen LogP contribution in [0.4, 0.5) is 0 Å². The largest absolute Gasteiger partial charge is 0.306 e. The standard InChI is InChI=1S/C7H9OSi/c8-9-6-7-4-2-1-3-5-7/h1-5H,6,9H2. The summed E-state index contributed by atoms with van der Waals surface area (Å²) in [5.74, 6) is 0. The molecule has 9 heavy (non-hydrogen) atoms. The third kappa shape index (κ3) is 1.99. The molecule has 2 heteroatoms.